The van der Waals surface area contributed by atoms with Gasteiger partial charge in [0.2, 0.25) is 15.9 Å². The second-order valence-corrected chi connectivity index (χ2v) is 9.29. The largest absolute Gasteiger partial charge is 0.323 e. The molecule has 0 fully saturated rings. The predicted molar refractivity (Wildman–Crippen MR) is 106 cm³/mol. The van der Waals surface area contributed by atoms with Crippen molar-refractivity contribution in [2.24, 2.45) is 0 Å². The topological polar surface area (TPSA) is 75.3 Å². The summed E-state index contributed by atoms with van der Waals surface area (Å²) in [7, 11) is -3.83. The molecule has 0 aliphatic carbocycles. The van der Waals surface area contributed by atoms with Gasteiger partial charge in [0, 0.05) is 14.0 Å². The van der Waals surface area contributed by atoms with Gasteiger partial charge in [-0.3, -0.25) is 4.79 Å². The van der Waals surface area contributed by atoms with Crippen molar-refractivity contribution in [3.05, 3.63) is 55.9 Å². The Morgan fingerprint density at radius 1 is 1.16 bits per heavy atom. The zero-order chi connectivity index (χ0) is 18.8. The first-order chi connectivity index (χ1) is 11.6. The summed E-state index contributed by atoms with van der Waals surface area (Å²) in [6, 6.07) is 8.39. The third-order valence-electron chi connectivity index (χ3n) is 3.35. The quantitative estimate of drug-likeness (QED) is 0.623. The van der Waals surface area contributed by atoms with E-state index in [4.69, 9.17) is 11.6 Å². The molecule has 1 unspecified atom stereocenters. The summed E-state index contributed by atoms with van der Waals surface area (Å²) >= 11 is 12.5. The minimum Gasteiger partial charge on any atom is -0.323 e. The zero-order valence-corrected chi connectivity index (χ0v) is 18.1. The molecule has 0 radical (unpaired) electrons. The summed E-state index contributed by atoms with van der Waals surface area (Å²) in [5, 5.41) is 3.16. The molecule has 0 heterocycles. The Hall–Kier alpha value is -0.930. The van der Waals surface area contributed by atoms with Gasteiger partial charge in [0.1, 0.15) is 0 Å². The fraction of sp³-hybridized carbons (Fsp3) is 0.188. The number of hydrogen-bond donors (Lipinski definition) is 2. The van der Waals surface area contributed by atoms with Crippen LogP contribution in [0.4, 0.5) is 5.69 Å². The lowest BCUT2D eigenvalue weighted by Crippen LogP contribution is -2.41. The van der Waals surface area contributed by atoms with Gasteiger partial charge >= 0.3 is 0 Å². The highest BCUT2D eigenvalue weighted by atomic mass is 79.9. The maximum atomic E-state index is 12.4. The number of benzene rings is 2. The Morgan fingerprint density at radius 3 is 2.32 bits per heavy atom. The molecular weight excluding hydrogens is 496 g/mol. The highest BCUT2D eigenvalue weighted by molar-refractivity contribution is 9.11. The first-order valence-corrected chi connectivity index (χ1v) is 10.6. The van der Waals surface area contributed by atoms with Crippen molar-refractivity contribution in [2.75, 3.05) is 5.32 Å². The SMILES string of the molecule is Cc1cc(Br)cc(Br)c1NC(=O)C(C)NS(=O)(=O)c1ccc(Cl)cc1. The smallest absolute Gasteiger partial charge is 0.242 e. The molecule has 5 nitrogen and oxygen atoms in total. The van der Waals surface area contributed by atoms with Crippen LogP contribution in [0.15, 0.2) is 50.2 Å². The standard InChI is InChI=1S/C16H15Br2ClN2O3S/c1-9-7-11(17)8-14(18)15(9)20-16(22)10(2)21-25(23,24)13-5-3-12(19)4-6-13/h3-8,10,21H,1-2H3,(H,20,22). The average Bonchev–Trinajstić information content (AvgIpc) is 2.50. The molecular formula is C16H15Br2ClN2O3S. The number of carbonyl (C=O) groups excluding carboxylic acids is 1. The Labute approximate surface area is 168 Å². The predicted octanol–water partition coefficient (Wildman–Crippen LogP) is 4.48. The molecule has 9 heteroatoms. The molecule has 2 N–H and O–H groups in total. The van der Waals surface area contributed by atoms with Gasteiger partial charge in [-0.2, -0.15) is 4.72 Å². The first-order valence-electron chi connectivity index (χ1n) is 7.14. The minimum absolute atomic E-state index is 0.0394. The van der Waals surface area contributed by atoms with Crippen molar-refractivity contribution in [3.8, 4) is 0 Å². The van der Waals surface area contributed by atoms with Gasteiger partial charge in [-0.25, -0.2) is 8.42 Å². The Balaban J connectivity index is 2.14. The molecule has 0 aliphatic heterocycles. The van der Waals surface area contributed by atoms with Crippen LogP contribution in [0.5, 0.6) is 0 Å². The summed E-state index contributed by atoms with van der Waals surface area (Å²) in [5.74, 6) is -0.469. The summed E-state index contributed by atoms with van der Waals surface area (Å²) in [4.78, 5) is 12.4. The molecule has 0 saturated carbocycles. The molecule has 1 atom stereocenters. The maximum absolute atomic E-state index is 12.4. The van der Waals surface area contributed by atoms with E-state index < -0.39 is 22.0 Å². The molecule has 0 saturated heterocycles. The number of sulfonamides is 1. The van der Waals surface area contributed by atoms with E-state index in [0.717, 1.165) is 10.0 Å². The second-order valence-electron chi connectivity index (χ2n) is 5.37. The normalized spacial score (nSPS) is 12.7. The third-order valence-corrected chi connectivity index (χ3v) is 6.24. The van der Waals surface area contributed by atoms with Crippen LogP contribution >= 0.6 is 43.5 Å². The number of carbonyl (C=O) groups is 1. The minimum atomic E-state index is -3.83. The van der Waals surface area contributed by atoms with Crippen LogP contribution in [0.3, 0.4) is 0 Å². The van der Waals surface area contributed by atoms with Crippen molar-refractivity contribution in [1.29, 1.82) is 0 Å². The number of nitrogens with one attached hydrogen (secondary N) is 2. The van der Waals surface area contributed by atoms with Gasteiger partial charge in [0.25, 0.3) is 0 Å². The van der Waals surface area contributed by atoms with E-state index in [2.05, 4.69) is 41.9 Å². The summed E-state index contributed by atoms with van der Waals surface area (Å²) < 4.78 is 28.6. The monoisotopic (exact) mass is 508 g/mol. The number of hydrogen-bond acceptors (Lipinski definition) is 3. The maximum Gasteiger partial charge on any atom is 0.242 e. The third kappa shape index (κ3) is 5.27. The highest BCUT2D eigenvalue weighted by Crippen LogP contribution is 2.30. The molecule has 134 valence electrons. The average molecular weight is 511 g/mol. The fourth-order valence-electron chi connectivity index (χ4n) is 2.06. The van der Waals surface area contributed by atoms with E-state index in [0.29, 0.717) is 15.2 Å². The van der Waals surface area contributed by atoms with Crippen LogP contribution in [-0.4, -0.2) is 20.4 Å². The molecule has 2 aromatic carbocycles. The number of anilines is 1. The highest BCUT2D eigenvalue weighted by Gasteiger charge is 2.23. The van der Waals surface area contributed by atoms with Crippen LogP contribution in [0.2, 0.25) is 5.02 Å². The van der Waals surface area contributed by atoms with E-state index in [9.17, 15) is 13.2 Å². The first kappa shape index (κ1) is 20.4. The van der Waals surface area contributed by atoms with Crippen molar-refractivity contribution in [1.82, 2.24) is 4.72 Å². The van der Waals surface area contributed by atoms with Crippen LogP contribution < -0.4 is 10.0 Å². The van der Waals surface area contributed by atoms with Crippen LogP contribution in [0.25, 0.3) is 0 Å². The molecule has 2 aromatic rings. The molecule has 0 aliphatic rings. The van der Waals surface area contributed by atoms with Crippen molar-refractivity contribution in [2.45, 2.75) is 24.8 Å². The van der Waals surface area contributed by atoms with Gasteiger partial charge < -0.3 is 5.32 Å². The number of halogens is 3. The van der Waals surface area contributed by atoms with Crippen molar-refractivity contribution in [3.63, 3.8) is 0 Å². The van der Waals surface area contributed by atoms with Crippen LogP contribution in [-0.2, 0) is 14.8 Å². The fourth-order valence-corrected chi connectivity index (χ4v) is 4.93. The lowest BCUT2D eigenvalue weighted by atomic mass is 10.2. The van der Waals surface area contributed by atoms with Gasteiger partial charge in [-0.05, 0) is 71.7 Å². The Morgan fingerprint density at radius 2 is 1.76 bits per heavy atom. The van der Waals surface area contributed by atoms with Gasteiger partial charge in [-0.15, -0.1) is 0 Å². The molecule has 0 spiro atoms. The molecule has 0 aromatic heterocycles. The Kier molecular flexibility index (Phi) is 6.67. The molecule has 2 rings (SSSR count). The van der Waals surface area contributed by atoms with Crippen LogP contribution in [0.1, 0.15) is 12.5 Å². The van der Waals surface area contributed by atoms with Gasteiger partial charge in [0.15, 0.2) is 0 Å². The number of aryl methyl sites for hydroxylation is 1. The van der Waals surface area contributed by atoms with Gasteiger partial charge in [-0.1, -0.05) is 27.5 Å². The second kappa shape index (κ2) is 8.18. The lowest BCUT2D eigenvalue weighted by molar-refractivity contribution is -0.117. The zero-order valence-electron chi connectivity index (χ0n) is 13.3. The summed E-state index contributed by atoms with van der Waals surface area (Å²) in [6.07, 6.45) is 0. The van der Waals surface area contributed by atoms with E-state index in [1.54, 1.807) is 6.07 Å². The van der Waals surface area contributed by atoms with Gasteiger partial charge in [0.05, 0.1) is 16.6 Å². The number of rotatable bonds is 5. The molecule has 0 bridgehead atoms. The van der Waals surface area contributed by atoms with E-state index in [1.807, 2.05) is 13.0 Å². The van der Waals surface area contributed by atoms with Crippen molar-refractivity contribution < 1.29 is 13.2 Å². The summed E-state index contributed by atoms with van der Waals surface area (Å²) in [5.41, 5.74) is 1.42. The molecule has 1 amide bonds. The Bertz CT molecular complexity index is 879. The van der Waals surface area contributed by atoms with Crippen molar-refractivity contribution >= 4 is 65.1 Å². The lowest BCUT2D eigenvalue weighted by Gasteiger charge is -2.17. The molecule has 25 heavy (non-hydrogen) atoms. The van der Waals surface area contributed by atoms with E-state index in [-0.39, 0.29) is 4.90 Å². The number of amides is 1. The summed E-state index contributed by atoms with van der Waals surface area (Å²) in [6.45, 7) is 3.32. The van der Waals surface area contributed by atoms with Crippen LogP contribution in [0, 0.1) is 6.92 Å². The van der Waals surface area contributed by atoms with E-state index in [1.165, 1.54) is 31.2 Å². The van der Waals surface area contributed by atoms with E-state index >= 15 is 0 Å².